The second-order valence-electron chi connectivity index (χ2n) is 6.52. The lowest BCUT2D eigenvalue weighted by molar-refractivity contribution is 0.0547. The third-order valence-corrected chi connectivity index (χ3v) is 3.51. The van der Waals surface area contributed by atoms with Crippen LogP contribution in [-0.4, -0.2) is 67.6 Å². The first-order chi connectivity index (χ1) is 13.2. The summed E-state index contributed by atoms with van der Waals surface area (Å²) < 4.78 is 16.4. The van der Waals surface area contributed by atoms with Gasteiger partial charge in [0.15, 0.2) is 0 Å². The second-order valence-corrected chi connectivity index (χ2v) is 6.52. The Hall–Kier alpha value is -1.71. The minimum atomic E-state index is 0.337. The molecule has 0 aliphatic carbocycles. The van der Waals surface area contributed by atoms with Crippen LogP contribution >= 0.6 is 0 Å². The lowest BCUT2D eigenvalue weighted by atomic mass is 10.1. The molecule has 0 aliphatic rings. The van der Waals surface area contributed by atoms with Crippen LogP contribution in [-0.2, 0) is 9.47 Å². The van der Waals surface area contributed by atoms with Gasteiger partial charge in [-0.25, -0.2) is 0 Å². The molecule has 0 saturated heterocycles. The lowest BCUT2D eigenvalue weighted by Crippen LogP contribution is -2.17. The molecule has 0 spiro atoms. The van der Waals surface area contributed by atoms with Crippen LogP contribution in [0, 0.1) is 5.92 Å². The first kappa shape index (κ1) is 23.3. The summed E-state index contributed by atoms with van der Waals surface area (Å²) in [5, 5.41) is 6.39. The predicted molar refractivity (Wildman–Crippen MR) is 107 cm³/mol. The largest absolute Gasteiger partial charge is 0.463 e. The first-order valence-electron chi connectivity index (χ1n) is 9.87. The van der Waals surface area contributed by atoms with Gasteiger partial charge < -0.3 is 30.6 Å². The van der Waals surface area contributed by atoms with Gasteiger partial charge >= 0.3 is 6.01 Å². The van der Waals surface area contributed by atoms with Crippen molar-refractivity contribution in [2.24, 2.45) is 11.7 Å². The van der Waals surface area contributed by atoms with Crippen molar-refractivity contribution in [2.75, 3.05) is 63.3 Å². The molecule has 1 aromatic heterocycles. The fourth-order valence-corrected chi connectivity index (χ4v) is 2.00. The number of anilines is 2. The van der Waals surface area contributed by atoms with E-state index < -0.39 is 0 Å². The van der Waals surface area contributed by atoms with Crippen LogP contribution in [0.3, 0.4) is 0 Å². The third kappa shape index (κ3) is 12.3. The minimum absolute atomic E-state index is 0.337. The Morgan fingerprint density at radius 2 is 1.56 bits per heavy atom. The molecule has 9 heteroatoms. The number of nitrogens with one attached hydrogen (secondary N) is 2. The molecule has 1 aromatic rings. The molecule has 1 rings (SSSR count). The van der Waals surface area contributed by atoms with Gasteiger partial charge in [-0.2, -0.15) is 15.0 Å². The zero-order valence-electron chi connectivity index (χ0n) is 17.0. The fourth-order valence-electron chi connectivity index (χ4n) is 2.00. The van der Waals surface area contributed by atoms with Crippen molar-refractivity contribution in [2.45, 2.75) is 40.0 Å². The zero-order valence-corrected chi connectivity index (χ0v) is 17.0. The van der Waals surface area contributed by atoms with Gasteiger partial charge in [-0.05, 0) is 18.8 Å². The molecule has 0 atom stereocenters. The van der Waals surface area contributed by atoms with E-state index in [0.29, 0.717) is 69.9 Å². The number of hydrogen-bond acceptors (Lipinski definition) is 9. The molecule has 0 saturated carbocycles. The average molecular weight is 385 g/mol. The van der Waals surface area contributed by atoms with E-state index in [1.165, 1.54) is 0 Å². The monoisotopic (exact) mass is 384 g/mol. The van der Waals surface area contributed by atoms with Crippen LogP contribution in [0.5, 0.6) is 6.01 Å². The molecule has 9 nitrogen and oxygen atoms in total. The Balaban J connectivity index is 2.45. The number of ether oxygens (including phenoxy) is 3. The van der Waals surface area contributed by atoms with E-state index in [0.717, 1.165) is 25.8 Å². The summed E-state index contributed by atoms with van der Waals surface area (Å²) in [5.74, 6) is 1.62. The highest BCUT2D eigenvalue weighted by Gasteiger charge is 2.08. The van der Waals surface area contributed by atoms with Crippen molar-refractivity contribution < 1.29 is 14.2 Å². The van der Waals surface area contributed by atoms with Gasteiger partial charge in [-0.15, -0.1) is 0 Å². The molecular formula is C18H36N6O3. The van der Waals surface area contributed by atoms with E-state index in [1.54, 1.807) is 0 Å². The Morgan fingerprint density at radius 3 is 2.19 bits per heavy atom. The molecule has 0 amide bonds. The number of hydrogen-bond donors (Lipinski definition) is 3. The minimum Gasteiger partial charge on any atom is -0.463 e. The van der Waals surface area contributed by atoms with Gasteiger partial charge in [-0.3, -0.25) is 0 Å². The summed E-state index contributed by atoms with van der Waals surface area (Å²) >= 11 is 0. The molecule has 4 N–H and O–H groups in total. The summed E-state index contributed by atoms with van der Waals surface area (Å²) in [5.41, 5.74) is 5.35. The van der Waals surface area contributed by atoms with Crippen LogP contribution in [0.4, 0.5) is 11.9 Å². The van der Waals surface area contributed by atoms with Crippen molar-refractivity contribution in [3.05, 3.63) is 0 Å². The van der Waals surface area contributed by atoms with Crippen molar-refractivity contribution in [1.82, 2.24) is 15.0 Å². The maximum absolute atomic E-state index is 5.64. The lowest BCUT2D eigenvalue weighted by Gasteiger charge is -2.11. The molecule has 0 aromatic carbocycles. The second kappa shape index (κ2) is 15.4. The molecule has 27 heavy (non-hydrogen) atoms. The average Bonchev–Trinajstić information content (AvgIpc) is 2.64. The summed E-state index contributed by atoms with van der Waals surface area (Å²) in [7, 11) is 0. The van der Waals surface area contributed by atoms with Crippen molar-refractivity contribution in [3.8, 4) is 6.01 Å². The Labute approximate surface area is 162 Å². The molecule has 1 heterocycles. The quantitative estimate of drug-likeness (QED) is 0.346. The Kier molecular flexibility index (Phi) is 13.3. The SMILES string of the molecule is CCCCOc1nc(NCCOCCOCCN)nc(NCCC(C)C)n1. The van der Waals surface area contributed by atoms with Crippen LogP contribution < -0.4 is 21.1 Å². The van der Waals surface area contributed by atoms with Gasteiger partial charge in [0.05, 0.1) is 33.0 Å². The van der Waals surface area contributed by atoms with E-state index in [1.807, 2.05) is 0 Å². The normalized spacial score (nSPS) is 11.0. The maximum Gasteiger partial charge on any atom is 0.323 e. The van der Waals surface area contributed by atoms with E-state index in [9.17, 15) is 0 Å². The van der Waals surface area contributed by atoms with Gasteiger partial charge in [0.1, 0.15) is 0 Å². The molecule has 0 bridgehead atoms. The predicted octanol–water partition coefficient (Wildman–Crippen LogP) is 1.91. The van der Waals surface area contributed by atoms with E-state index in [2.05, 4.69) is 46.4 Å². The molecular weight excluding hydrogens is 348 g/mol. The third-order valence-electron chi connectivity index (χ3n) is 3.51. The van der Waals surface area contributed by atoms with E-state index >= 15 is 0 Å². The Bertz CT molecular complexity index is 490. The smallest absolute Gasteiger partial charge is 0.323 e. The van der Waals surface area contributed by atoms with Crippen LogP contribution in [0.1, 0.15) is 40.0 Å². The number of rotatable bonds is 17. The molecule has 0 aliphatic heterocycles. The summed E-state index contributed by atoms with van der Waals surface area (Å²) in [6.07, 6.45) is 3.06. The zero-order chi connectivity index (χ0) is 19.7. The number of aromatic nitrogens is 3. The van der Waals surface area contributed by atoms with Gasteiger partial charge in [0.25, 0.3) is 0 Å². The van der Waals surface area contributed by atoms with Crippen LogP contribution in [0.2, 0.25) is 0 Å². The van der Waals surface area contributed by atoms with Crippen molar-refractivity contribution in [1.29, 1.82) is 0 Å². The first-order valence-corrected chi connectivity index (χ1v) is 9.87. The highest BCUT2D eigenvalue weighted by Crippen LogP contribution is 2.12. The standard InChI is InChI=1S/C18H36N6O3/c1-4-5-10-27-18-23-16(20-8-6-15(2)3)22-17(24-18)21-9-12-26-14-13-25-11-7-19/h15H,4-14,19H2,1-3H3,(H2,20,21,22,23,24). The summed E-state index contributed by atoms with van der Waals surface area (Å²) in [6.45, 7) is 11.2. The van der Waals surface area contributed by atoms with Crippen LogP contribution in [0.25, 0.3) is 0 Å². The summed E-state index contributed by atoms with van der Waals surface area (Å²) in [6, 6.07) is 0.337. The van der Waals surface area contributed by atoms with Gasteiger partial charge in [0.2, 0.25) is 11.9 Å². The highest BCUT2D eigenvalue weighted by atomic mass is 16.5. The maximum atomic E-state index is 5.64. The van der Waals surface area contributed by atoms with Crippen molar-refractivity contribution in [3.63, 3.8) is 0 Å². The molecule has 0 fully saturated rings. The Morgan fingerprint density at radius 1 is 0.889 bits per heavy atom. The van der Waals surface area contributed by atoms with E-state index in [-0.39, 0.29) is 0 Å². The molecule has 0 radical (unpaired) electrons. The molecule has 0 unspecified atom stereocenters. The van der Waals surface area contributed by atoms with E-state index in [4.69, 9.17) is 19.9 Å². The van der Waals surface area contributed by atoms with Gasteiger partial charge in [-0.1, -0.05) is 27.2 Å². The number of unbranched alkanes of at least 4 members (excludes halogenated alkanes) is 1. The summed E-state index contributed by atoms with van der Waals surface area (Å²) in [4.78, 5) is 13.0. The topological polar surface area (TPSA) is 116 Å². The van der Waals surface area contributed by atoms with Crippen LogP contribution in [0.15, 0.2) is 0 Å². The highest BCUT2D eigenvalue weighted by molar-refractivity contribution is 5.35. The number of nitrogens with zero attached hydrogens (tertiary/aromatic N) is 3. The molecule has 156 valence electrons. The number of nitrogens with two attached hydrogens (primary N) is 1. The van der Waals surface area contributed by atoms with Crippen molar-refractivity contribution >= 4 is 11.9 Å². The fraction of sp³-hybridized carbons (Fsp3) is 0.833. The van der Waals surface area contributed by atoms with Gasteiger partial charge in [0, 0.05) is 19.6 Å².